The third-order valence-corrected chi connectivity index (χ3v) is 8.88. The van der Waals surface area contributed by atoms with Crippen molar-refractivity contribution in [1.82, 2.24) is 5.32 Å². The number of fused-ring (bicyclic) bond motifs is 3. The molecule has 0 aliphatic heterocycles. The average molecular weight is 512 g/mol. The number of phenolic OH excluding ortho intramolecular Hbond substituents is 1. The number of amides is 1. The average Bonchev–Trinajstić information content (AvgIpc) is 3.34. The van der Waals surface area contributed by atoms with E-state index in [0.29, 0.717) is 23.7 Å². The number of hydrogen-bond donors (Lipinski definition) is 4. The number of nitrogens with two attached hydrogens (primary N) is 1. The topological polar surface area (TPSA) is 167 Å². The zero-order valence-corrected chi connectivity index (χ0v) is 21.1. The lowest BCUT2D eigenvalue weighted by Gasteiger charge is -2.48. The van der Waals surface area contributed by atoms with Crippen LogP contribution >= 0.6 is 0 Å². The van der Waals surface area contributed by atoms with E-state index in [2.05, 4.69) is 5.32 Å². The maximum Gasteiger partial charge on any atom is 0.235 e. The number of carbonyl (C=O) groups is 5. The Morgan fingerprint density at radius 1 is 1.14 bits per heavy atom. The molecule has 0 saturated heterocycles. The standard InChI is InChI=1S/C27H33N3O7/c1-30(2)17-9-13(11-29-15-5-3-4-6-15)22(32)20-16(17)8-12-7-14-10-18(31)21(26(28)36)25(35)27(14,37)24(34)19(12)23(20)33/h9,12,14-15,19,21,29,32,37H,3-8,10-11H2,1-2H3,(H2,28,36)/t12-,14+,19?,21?,27+/m1/s1. The molecule has 4 aliphatic carbocycles. The minimum atomic E-state index is -2.64. The lowest BCUT2D eigenvalue weighted by Crippen LogP contribution is -2.68. The second-order valence-corrected chi connectivity index (χ2v) is 11.3. The number of phenols is 1. The van der Waals surface area contributed by atoms with Crippen LogP contribution in [0.15, 0.2) is 6.07 Å². The van der Waals surface area contributed by atoms with Crippen molar-refractivity contribution in [2.24, 2.45) is 29.4 Å². The van der Waals surface area contributed by atoms with E-state index in [1.165, 1.54) is 0 Å². The van der Waals surface area contributed by atoms with Gasteiger partial charge in [-0.05, 0) is 43.2 Å². The van der Waals surface area contributed by atoms with E-state index in [-0.39, 0.29) is 30.6 Å². The van der Waals surface area contributed by atoms with Crippen LogP contribution in [0, 0.1) is 23.7 Å². The zero-order chi connectivity index (χ0) is 26.8. The highest BCUT2D eigenvalue weighted by Gasteiger charge is 2.66. The Bertz CT molecular complexity index is 1220. The first kappa shape index (κ1) is 25.5. The first-order valence-electron chi connectivity index (χ1n) is 12.9. The van der Waals surface area contributed by atoms with E-state index < -0.39 is 58.3 Å². The molecule has 2 unspecified atom stereocenters. The largest absolute Gasteiger partial charge is 0.507 e. The molecule has 37 heavy (non-hydrogen) atoms. The van der Waals surface area contributed by atoms with Gasteiger partial charge >= 0.3 is 0 Å². The predicted octanol–water partition coefficient (Wildman–Crippen LogP) is 0.425. The number of Topliss-reactive ketones (excluding diaryl/α,β-unsaturated/α-hetero) is 4. The number of ketones is 4. The third kappa shape index (κ3) is 3.80. The van der Waals surface area contributed by atoms with Crippen molar-refractivity contribution >= 4 is 34.7 Å². The summed E-state index contributed by atoms with van der Waals surface area (Å²) in [4.78, 5) is 66.8. The Morgan fingerprint density at radius 3 is 2.43 bits per heavy atom. The number of benzene rings is 1. The van der Waals surface area contributed by atoms with Gasteiger partial charge in [0.15, 0.2) is 34.7 Å². The molecule has 10 nitrogen and oxygen atoms in total. The van der Waals surface area contributed by atoms with E-state index in [9.17, 15) is 34.2 Å². The summed E-state index contributed by atoms with van der Waals surface area (Å²) in [5.74, 6) is -9.88. The number of primary amides is 1. The van der Waals surface area contributed by atoms with Crippen LogP contribution < -0.4 is 16.0 Å². The monoisotopic (exact) mass is 511 g/mol. The van der Waals surface area contributed by atoms with E-state index in [1.54, 1.807) is 0 Å². The van der Waals surface area contributed by atoms with Gasteiger partial charge in [-0.3, -0.25) is 24.0 Å². The highest BCUT2D eigenvalue weighted by molar-refractivity contribution is 6.31. The molecule has 198 valence electrons. The summed E-state index contributed by atoms with van der Waals surface area (Å²) in [5.41, 5.74) is 4.54. The van der Waals surface area contributed by atoms with Crippen LogP contribution in [-0.4, -0.2) is 65.0 Å². The van der Waals surface area contributed by atoms with Crippen LogP contribution in [0.4, 0.5) is 5.69 Å². The lowest BCUT2D eigenvalue weighted by atomic mass is 9.53. The molecule has 0 heterocycles. The van der Waals surface area contributed by atoms with Crippen molar-refractivity contribution in [3.63, 3.8) is 0 Å². The molecule has 5 atom stereocenters. The molecule has 0 bridgehead atoms. The van der Waals surface area contributed by atoms with Gasteiger partial charge < -0.3 is 26.2 Å². The molecule has 1 amide bonds. The summed E-state index contributed by atoms with van der Waals surface area (Å²) in [7, 11) is 3.68. The van der Waals surface area contributed by atoms with Crippen molar-refractivity contribution < 1.29 is 34.2 Å². The van der Waals surface area contributed by atoms with Gasteiger partial charge in [-0.2, -0.15) is 0 Å². The van der Waals surface area contributed by atoms with Gasteiger partial charge in [0, 0.05) is 50.3 Å². The van der Waals surface area contributed by atoms with Crippen LogP contribution in [0.25, 0.3) is 0 Å². The molecular weight excluding hydrogens is 478 g/mol. The van der Waals surface area contributed by atoms with Crippen molar-refractivity contribution in [2.45, 2.75) is 63.1 Å². The van der Waals surface area contributed by atoms with E-state index >= 15 is 0 Å². The molecule has 1 aromatic rings. The molecule has 10 heteroatoms. The molecule has 3 fully saturated rings. The number of anilines is 1. The zero-order valence-electron chi connectivity index (χ0n) is 21.1. The summed E-state index contributed by atoms with van der Waals surface area (Å²) < 4.78 is 0. The number of rotatable bonds is 5. The first-order chi connectivity index (χ1) is 17.5. The fourth-order valence-corrected chi connectivity index (χ4v) is 6.99. The van der Waals surface area contributed by atoms with Gasteiger partial charge in [0.25, 0.3) is 0 Å². The fourth-order valence-electron chi connectivity index (χ4n) is 6.99. The maximum atomic E-state index is 13.9. The van der Waals surface area contributed by atoms with E-state index in [4.69, 9.17) is 5.73 Å². The van der Waals surface area contributed by atoms with Gasteiger partial charge in [0.2, 0.25) is 5.91 Å². The summed E-state index contributed by atoms with van der Waals surface area (Å²) >= 11 is 0. The van der Waals surface area contributed by atoms with Gasteiger partial charge in [-0.15, -0.1) is 0 Å². The number of aromatic hydroxyl groups is 1. The summed E-state index contributed by atoms with van der Waals surface area (Å²) in [6.07, 6.45) is 4.39. The number of nitrogens with one attached hydrogen (secondary N) is 1. The first-order valence-corrected chi connectivity index (χ1v) is 12.9. The molecular formula is C27H33N3O7. The fraction of sp³-hybridized carbons (Fsp3) is 0.593. The highest BCUT2D eigenvalue weighted by atomic mass is 16.3. The molecule has 4 aliphatic rings. The third-order valence-electron chi connectivity index (χ3n) is 8.88. The summed E-state index contributed by atoms with van der Waals surface area (Å²) in [6, 6.07) is 2.19. The Labute approximate surface area is 214 Å². The van der Waals surface area contributed by atoms with Gasteiger partial charge in [-0.25, -0.2) is 0 Å². The van der Waals surface area contributed by atoms with Gasteiger partial charge in [0.05, 0.1) is 11.5 Å². The quantitative estimate of drug-likeness (QED) is 0.410. The second kappa shape index (κ2) is 9.02. The van der Waals surface area contributed by atoms with Crippen molar-refractivity contribution in [3.05, 3.63) is 22.8 Å². The minimum Gasteiger partial charge on any atom is -0.507 e. The number of aliphatic hydroxyl groups is 1. The minimum absolute atomic E-state index is 0.0388. The lowest BCUT2D eigenvalue weighted by molar-refractivity contribution is -0.175. The van der Waals surface area contributed by atoms with E-state index in [0.717, 1.165) is 31.4 Å². The normalized spacial score (nSPS) is 31.6. The second-order valence-electron chi connectivity index (χ2n) is 11.3. The molecule has 0 spiro atoms. The molecule has 5 N–H and O–H groups in total. The van der Waals surface area contributed by atoms with Crippen LogP contribution in [0.3, 0.4) is 0 Å². The Kier molecular flexibility index (Phi) is 6.23. The molecule has 5 rings (SSSR count). The maximum absolute atomic E-state index is 13.9. The Hall–Kier alpha value is -3.11. The molecule has 0 radical (unpaired) electrons. The molecule has 3 saturated carbocycles. The number of hydrogen-bond acceptors (Lipinski definition) is 9. The molecule has 0 aromatic heterocycles. The van der Waals surface area contributed by atoms with Crippen LogP contribution in [0.2, 0.25) is 0 Å². The van der Waals surface area contributed by atoms with Crippen LogP contribution in [0.5, 0.6) is 5.75 Å². The van der Waals surface area contributed by atoms with Crippen molar-refractivity contribution in [2.75, 3.05) is 19.0 Å². The highest BCUT2D eigenvalue weighted by Crippen LogP contribution is 2.51. The summed E-state index contributed by atoms with van der Waals surface area (Å²) in [6.45, 7) is 0.354. The van der Waals surface area contributed by atoms with Crippen LogP contribution in [0.1, 0.15) is 60.0 Å². The SMILES string of the molecule is CN(C)c1cc(CNC2CCCC2)c(O)c2c1C[C@H]1C[C@H]3CC(=O)C(C(N)=O)C(=O)[C@@]3(O)C(=O)C1C2=O. The van der Waals surface area contributed by atoms with Gasteiger partial charge in [-0.1, -0.05) is 12.8 Å². The van der Waals surface area contributed by atoms with Crippen molar-refractivity contribution in [3.8, 4) is 5.75 Å². The smallest absolute Gasteiger partial charge is 0.235 e. The van der Waals surface area contributed by atoms with Gasteiger partial charge in [0.1, 0.15) is 5.75 Å². The van der Waals surface area contributed by atoms with Crippen LogP contribution in [-0.2, 0) is 32.1 Å². The predicted molar refractivity (Wildman–Crippen MR) is 132 cm³/mol. The number of nitrogens with zero attached hydrogens (tertiary/aromatic N) is 1. The Balaban J connectivity index is 1.55. The number of carbonyl (C=O) groups excluding carboxylic acids is 5. The van der Waals surface area contributed by atoms with E-state index in [1.807, 2.05) is 25.1 Å². The van der Waals surface area contributed by atoms with Crippen molar-refractivity contribution in [1.29, 1.82) is 0 Å². The molecule has 1 aromatic carbocycles. The summed E-state index contributed by atoms with van der Waals surface area (Å²) in [5, 5.41) is 26.0. The Morgan fingerprint density at radius 2 is 1.81 bits per heavy atom.